The number of aromatic nitrogens is 4. The summed E-state index contributed by atoms with van der Waals surface area (Å²) in [4.78, 5) is 21.3. The van der Waals surface area contributed by atoms with Gasteiger partial charge in [0.05, 0.1) is 31.7 Å². The highest BCUT2D eigenvalue weighted by Gasteiger charge is 2.54. The summed E-state index contributed by atoms with van der Waals surface area (Å²) in [5.41, 5.74) is -1.12. The number of carbonyl (C=O) groups is 1. The van der Waals surface area contributed by atoms with Gasteiger partial charge in [-0.05, 0) is 56.7 Å². The average Bonchev–Trinajstić information content (AvgIpc) is 3.51. The van der Waals surface area contributed by atoms with Crippen molar-refractivity contribution in [2.45, 2.75) is 63.1 Å². The number of ether oxygens (including phenoxy) is 3. The fourth-order valence-corrected chi connectivity index (χ4v) is 7.16. The molecule has 2 aliphatic heterocycles. The normalized spacial score (nSPS) is 31.8. The van der Waals surface area contributed by atoms with E-state index in [-0.39, 0.29) is 18.2 Å². The Morgan fingerprint density at radius 2 is 1.91 bits per heavy atom. The number of thioether (sulfide) groups is 1. The monoisotopic (exact) mass is 637 g/mol. The molecule has 0 spiro atoms. The highest BCUT2D eigenvalue weighted by molar-refractivity contribution is 7.99. The molecule has 234 valence electrons. The number of benzene rings is 1. The van der Waals surface area contributed by atoms with Crippen LogP contribution in [0.4, 0.5) is 0 Å². The average molecular weight is 638 g/mol. The van der Waals surface area contributed by atoms with Crippen molar-refractivity contribution < 1.29 is 42.8 Å². The van der Waals surface area contributed by atoms with E-state index in [4.69, 9.17) is 23.3 Å². The Hall–Kier alpha value is -2.78. The van der Waals surface area contributed by atoms with Gasteiger partial charge in [0.15, 0.2) is 0 Å². The molecule has 1 saturated heterocycles. The summed E-state index contributed by atoms with van der Waals surface area (Å²) in [6.07, 6.45) is 1.47. The quantitative estimate of drug-likeness (QED) is 0.276. The van der Waals surface area contributed by atoms with E-state index in [0.29, 0.717) is 24.4 Å². The minimum absolute atomic E-state index is 0.208. The highest BCUT2D eigenvalue weighted by atomic mass is 32.2. The van der Waals surface area contributed by atoms with E-state index in [1.165, 1.54) is 30.9 Å². The maximum absolute atomic E-state index is 13.9. The van der Waals surface area contributed by atoms with Crippen LogP contribution >= 0.6 is 19.5 Å². The van der Waals surface area contributed by atoms with Gasteiger partial charge in [-0.25, -0.2) is 14.1 Å². The smallest absolute Gasteiger partial charge is 0.459 e. The number of aliphatic hydroxyl groups excluding tert-OH is 1. The maximum atomic E-state index is 13.9. The number of esters is 1. The molecule has 0 radical (unpaired) electrons. The molecule has 3 N–H and O–H groups in total. The van der Waals surface area contributed by atoms with Gasteiger partial charge in [-0.3, -0.25) is 9.32 Å². The third-order valence-electron chi connectivity index (χ3n) is 7.04. The maximum Gasteiger partial charge on any atom is 0.459 e. The molecule has 2 aliphatic rings. The number of nitrogens with one attached hydrogen (secondary N) is 1. The van der Waals surface area contributed by atoms with Crippen LogP contribution in [0.25, 0.3) is 5.65 Å². The molecule has 43 heavy (non-hydrogen) atoms. The molecule has 16 heteroatoms. The Morgan fingerprint density at radius 3 is 2.72 bits per heavy atom. The summed E-state index contributed by atoms with van der Waals surface area (Å²) in [5, 5.41) is 29.3. The number of aliphatic hydroxyl groups is 2. The molecule has 1 fully saturated rings. The van der Waals surface area contributed by atoms with Crippen molar-refractivity contribution in [3.8, 4) is 11.6 Å². The van der Waals surface area contributed by atoms with Gasteiger partial charge >= 0.3 is 13.7 Å². The SMILES string of the molecule is C[C@H]1NP(=O)(Oc2ccccc2)OC[C@H]2O[C@@H](c3cnc4c(ncnn34)OCCCCSCCCOC1=O)[C@](C)(O)[C@@H]2O. The lowest BCUT2D eigenvalue weighted by molar-refractivity contribution is -0.145. The molecule has 6 atom stereocenters. The van der Waals surface area contributed by atoms with Crippen LogP contribution in [-0.2, 0) is 23.4 Å². The van der Waals surface area contributed by atoms with Crippen molar-refractivity contribution in [2.75, 3.05) is 31.3 Å². The number of para-hydroxylation sites is 1. The molecule has 0 saturated carbocycles. The highest BCUT2D eigenvalue weighted by Crippen LogP contribution is 2.47. The molecule has 5 rings (SSSR count). The number of rotatable bonds is 2. The van der Waals surface area contributed by atoms with Crippen molar-refractivity contribution in [1.29, 1.82) is 0 Å². The van der Waals surface area contributed by atoms with Gasteiger partial charge < -0.3 is 28.9 Å². The third-order valence-corrected chi connectivity index (χ3v) is 9.84. The number of hydrogen-bond acceptors (Lipinski definition) is 13. The zero-order valence-corrected chi connectivity index (χ0v) is 25.6. The standard InChI is InChI=1S/C27H36N5O9PS/c1-18-26(34)38-12-8-14-43-13-7-6-11-37-25-24-28-15-20(32(24)30-17-29-25)23-27(2,35)22(33)21(40-23)16-39-42(36,31-18)41-19-9-4-3-5-10-19/h3-5,9-10,15,17-18,21-23,33,35H,6-8,11-14,16H2,1-2H3,(H,31,36)/t18-,21-,22-,23+,27-,42?/m1/s1. The lowest BCUT2D eigenvalue weighted by Crippen LogP contribution is -2.43. The molecule has 2 aromatic heterocycles. The Balaban J connectivity index is 1.41. The van der Waals surface area contributed by atoms with Gasteiger partial charge in [-0.2, -0.15) is 26.9 Å². The van der Waals surface area contributed by atoms with Crippen molar-refractivity contribution in [2.24, 2.45) is 0 Å². The van der Waals surface area contributed by atoms with Gasteiger partial charge in [-0.1, -0.05) is 18.2 Å². The molecule has 4 heterocycles. The van der Waals surface area contributed by atoms with Crippen molar-refractivity contribution in [1.82, 2.24) is 24.7 Å². The van der Waals surface area contributed by atoms with Gasteiger partial charge in [0, 0.05) is 0 Å². The molecular formula is C27H36N5O9PS. The molecule has 6 bridgehead atoms. The minimum atomic E-state index is -4.23. The molecular weight excluding hydrogens is 601 g/mol. The van der Waals surface area contributed by atoms with Crippen LogP contribution < -0.4 is 14.3 Å². The molecule has 1 unspecified atom stereocenters. The van der Waals surface area contributed by atoms with Crippen molar-refractivity contribution in [3.63, 3.8) is 0 Å². The van der Waals surface area contributed by atoms with Crippen LogP contribution in [0.1, 0.15) is 44.9 Å². The lowest BCUT2D eigenvalue weighted by Gasteiger charge is -2.26. The van der Waals surface area contributed by atoms with E-state index in [9.17, 15) is 19.6 Å². The van der Waals surface area contributed by atoms with E-state index in [0.717, 1.165) is 24.3 Å². The summed E-state index contributed by atoms with van der Waals surface area (Å²) in [6.45, 7) is 3.09. The first-order chi connectivity index (χ1) is 20.7. The van der Waals surface area contributed by atoms with Gasteiger partial charge in [0.25, 0.3) is 5.88 Å². The Kier molecular flexibility index (Phi) is 10.2. The van der Waals surface area contributed by atoms with E-state index in [2.05, 4.69) is 20.2 Å². The predicted octanol–water partition coefficient (Wildman–Crippen LogP) is 2.70. The summed E-state index contributed by atoms with van der Waals surface area (Å²) in [6, 6.07) is 7.28. The van der Waals surface area contributed by atoms with E-state index in [1.54, 1.807) is 42.1 Å². The van der Waals surface area contributed by atoms with Gasteiger partial charge in [0.1, 0.15) is 42.0 Å². The Bertz CT molecular complexity index is 1430. The zero-order chi connectivity index (χ0) is 30.5. The third kappa shape index (κ3) is 7.48. The van der Waals surface area contributed by atoms with Gasteiger partial charge in [0.2, 0.25) is 5.65 Å². The number of imidazole rings is 1. The van der Waals surface area contributed by atoms with Crippen molar-refractivity contribution >= 4 is 31.1 Å². The summed E-state index contributed by atoms with van der Waals surface area (Å²) in [7, 11) is -4.23. The van der Waals surface area contributed by atoms with Crippen LogP contribution in [-0.4, -0.2) is 90.9 Å². The van der Waals surface area contributed by atoms with Crippen molar-refractivity contribution in [3.05, 3.63) is 48.5 Å². The predicted molar refractivity (Wildman–Crippen MR) is 156 cm³/mol. The van der Waals surface area contributed by atoms with E-state index < -0.39 is 50.3 Å². The fraction of sp³-hybridized carbons (Fsp3) is 0.556. The molecule has 14 nitrogen and oxygen atoms in total. The summed E-state index contributed by atoms with van der Waals surface area (Å²) < 4.78 is 44.1. The van der Waals surface area contributed by atoms with Crippen LogP contribution in [0.15, 0.2) is 42.9 Å². The van der Waals surface area contributed by atoms with Crippen LogP contribution in [0, 0.1) is 0 Å². The molecule has 0 amide bonds. The second kappa shape index (κ2) is 13.9. The Morgan fingerprint density at radius 1 is 1.14 bits per heavy atom. The summed E-state index contributed by atoms with van der Waals surface area (Å²) in [5.74, 6) is 1.62. The Labute approximate surface area is 253 Å². The number of cyclic esters (lactones) is 1. The lowest BCUT2D eigenvalue weighted by atomic mass is 9.91. The van der Waals surface area contributed by atoms with Crippen LogP contribution in [0.2, 0.25) is 0 Å². The summed E-state index contributed by atoms with van der Waals surface area (Å²) >= 11 is 1.75. The number of fused-ring (bicyclic) bond motifs is 3. The number of nitrogens with zero attached hydrogens (tertiary/aromatic N) is 4. The first kappa shape index (κ1) is 31.6. The molecule has 0 aliphatic carbocycles. The largest absolute Gasteiger partial charge is 0.475 e. The van der Waals surface area contributed by atoms with Gasteiger partial charge in [-0.15, -0.1) is 0 Å². The van der Waals surface area contributed by atoms with Crippen LogP contribution in [0.3, 0.4) is 0 Å². The second-order valence-corrected chi connectivity index (χ2v) is 13.4. The zero-order valence-electron chi connectivity index (χ0n) is 23.9. The van der Waals surface area contributed by atoms with Crippen LogP contribution in [0.5, 0.6) is 11.6 Å². The molecule has 1 aromatic carbocycles. The minimum Gasteiger partial charge on any atom is -0.475 e. The first-order valence-corrected chi connectivity index (χ1v) is 16.8. The number of carbonyl (C=O) groups excluding carboxylic acids is 1. The first-order valence-electron chi connectivity index (χ1n) is 14.1. The fourth-order valence-electron chi connectivity index (χ4n) is 4.72. The number of hydrogen-bond donors (Lipinski definition) is 3. The topological polar surface area (TPSA) is 176 Å². The van der Waals surface area contributed by atoms with E-state index >= 15 is 0 Å². The molecule has 3 aromatic rings. The second-order valence-electron chi connectivity index (χ2n) is 10.4. The van der Waals surface area contributed by atoms with E-state index in [1.807, 2.05) is 0 Å².